The molecule has 1 unspecified atom stereocenters. The SMILES string of the molecule is OCCC1(Cc2cccc(Cl)c2)C=CCCC1. The van der Waals surface area contributed by atoms with Crippen molar-refractivity contribution in [3.8, 4) is 0 Å². The van der Waals surface area contributed by atoms with E-state index in [9.17, 15) is 5.11 Å². The van der Waals surface area contributed by atoms with E-state index >= 15 is 0 Å². The molecule has 1 aromatic rings. The van der Waals surface area contributed by atoms with E-state index in [0.29, 0.717) is 0 Å². The minimum atomic E-state index is 0.137. The Kier molecular flexibility index (Phi) is 4.25. The fraction of sp³-hybridized carbons (Fsp3) is 0.467. The Morgan fingerprint density at radius 2 is 2.24 bits per heavy atom. The molecule has 2 rings (SSSR count). The Morgan fingerprint density at radius 3 is 2.88 bits per heavy atom. The average Bonchev–Trinajstić information content (AvgIpc) is 2.30. The summed E-state index contributed by atoms with van der Waals surface area (Å²) in [7, 11) is 0. The number of hydrogen-bond acceptors (Lipinski definition) is 1. The van der Waals surface area contributed by atoms with Gasteiger partial charge in [0.25, 0.3) is 0 Å². The fourth-order valence-electron chi connectivity index (χ4n) is 2.71. The van der Waals surface area contributed by atoms with Gasteiger partial charge in [0.2, 0.25) is 0 Å². The van der Waals surface area contributed by atoms with Crippen LogP contribution in [0.15, 0.2) is 36.4 Å². The van der Waals surface area contributed by atoms with E-state index in [2.05, 4.69) is 18.2 Å². The molecule has 1 aliphatic carbocycles. The van der Waals surface area contributed by atoms with Crippen LogP contribution < -0.4 is 0 Å². The molecule has 1 aliphatic rings. The summed E-state index contributed by atoms with van der Waals surface area (Å²) < 4.78 is 0. The largest absolute Gasteiger partial charge is 0.396 e. The van der Waals surface area contributed by atoms with Crippen LogP contribution >= 0.6 is 11.6 Å². The third-order valence-electron chi connectivity index (χ3n) is 3.57. The van der Waals surface area contributed by atoms with Crippen molar-refractivity contribution in [2.45, 2.75) is 32.1 Å². The number of aliphatic hydroxyl groups is 1. The zero-order valence-corrected chi connectivity index (χ0v) is 10.8. The number of halogens is 1. The summed E-state index contributed by atoms with van der Waals surface area (Å²) in [5.41, 5.74) is 1.40. The smallest absolute Gasteiger partial charge is 0.0439 e. The molecule has 0 aliphatic heterocycles. The molecule has 1 aromatic carbocycles. The summed E-state index contributed by atoms with van der Waals surface area (Å²) >= 11 is 6.02. The van der Waals surface area contributed by atoms with Crippen LogP contribution in [0, 0.1) is 5.41 Å². The van der Waals surface area contributed by atoms with Gasteiger partial charge >= 0.3 is 0 Å². The van der Waals surface area contributed by atoms with Gasteiger partial charge in [0, 0.05) is 11.6 Å². The average molecular weight is 251 g/mol. The van der Waals surface area contributed by atoms with E-state index in [4.69, 9.17) is 11.6 Å². The highest BCUT2D eigenvalue weighted by atomic mass is 35.5. The predicted octanol–water partition coefficient (Wildman–Crippen LogP) is 3.99. The van der Waals surface area contributed by atoms with E-state index in [1.54, 1.807) is 0 Å². The summed E-state index contributed by atoms with van der Waals surface area (Å²) in [4.78, 5) is 0. The molecule has 0 spiro atoms. The first kappa shape index (κ1) is 12.7. The van der Waals surface area contributed by atoms with Crippen molar-refractivity contribution in [1.29, 1.82) is 0 Å². The third-order valence-corrected chi connectivity index (χ3v) is 3.81. The van der Waals surface area contributed by atoms with E-state index < -0.39 is 0 Å². The third kappa shape index (κ3) is 3.34. The number of hydrogen-bond donors (Lipinski definition) is 1. The highest BCUT2D eigenvalue weighted by molar-refractivity contribution is 6.30. The molecule has 1 atom stereocenters. The van der Waals surface area contributed by atoms with Gasteiger partial charge in [-0.05, 0) is 55.2 Å². The monoisotopic (exact) mass is 250 g/mol. The quantitative estimate of drug-likeness (QED) is 0.801. The first-order chi connectivity index (χ1) is 8.24. The Morgan fingerprint density at radius 1 is 1.35 bits per heavy atom. The predicted molar refractivity (Wildman–Crippen MR) is 72.3 cm³/mol. The summed E-state index contributed by atoms with van der Waals surface area (Å²) in [5.74, 6) is 0. The second-order valence-electron chi connectivity index (χ2n) is 4.94. The van der Waals surface area contributed by atoms with Crippen LogP contribution in [-0.2, 0) is 6.42 Å². The topological polar surface area (TPSA) is 20.2 Å². The lowest BCUT2D eigenvalue weighted by Crippen LogP contribution is -2.24. The zero-order valence-electron chi connectivity index (χ0n) is 10.0. The zero-order chi connectivity index (χ0) is 12.1. The Balaban J connectivity index is 2.17. The fourth-order valence-corrected chi connectivity index (χ4v) is 2.92. The van der Waals surface area contributed by atoms with Crippen LogP contribution in [0.1, 0.15) is 31.2 Å². The van der Waals surface area contributed by atoms with Gasteiger partial charge in [0.1, 0.15) is 0 Å². The second-order valence-corrected chi connectivity index (χ2v) is 5.37. The van der Waals surface area contributed by atoms with Crippen molar-refractivity contribution in [2.24, 2.45) is 5.41 Å². The maximum Gasteiger partial charge on any atom is 0.0439 e. The molecule has 92 valence electrons. The molecule has 0 saturated carbocycles. The molecule has 0 heterocycles. The van der Waals surface area contributed by atoms with Crippen molar-refractivity contribution in [2.75, 3.05) is 6.61 Å². The standard InChI is InChI=1S/C15H19ClO/c16-14-6-4-5-13(11-14)12-15(9-10-17)7-2-1-3-8-15/h2,4-7,11,17H,1,3,8-10,12H2. The lowest BCUT2D eigenvalue weighted by atomic mass is 9.72. The second kappa shape index (κ2) is 5.70. The van der Waals surface area contributed by atoms with Crippen molar-refractivity contribution in [3.63, 3.8) is 0 Å². The van der Waals surface area contributed by atoms with Crippen molar-refractivity contribution in [1.82, 2.24) is 0 Å². The minimum absolute atomic E-state index is 0.137. The summed E-state index contributed by atoms with van der Waals surface area (Å²) in [6, 6.07) is 8.05. The van der Waals surface area contributed by atoms with Crippen LogP contribution in [0.2, 0.25) is 5.02 Å². The van der Waals surface area contributed by atoms with Gasteiger partial charge in [-0.3, -0.25) is 0 Å². The molecule has 1 nitrogen and oxygen atoms in total. The molecule has 0 amide bonds. The molecule has 17 heavy (non-hydrogen) atoms. The van der Waals surface area contributed by atoms with Gasteiger partial charge in [-0.25, -0.2) is 0 Å². The Hall–Kier alpha value is -0.790. The maximum absolute atomic E-state index is 9.26. The highest BCUT2D eigenvalue weighted by Crippen LogP contribution is 2.37. The van der Waals surface area contributed by atoms with Gasteiger partial charge in [0.15, 0.2) is 0 Å². The van der Waals surface area contributed by atoms with Crippen LogP contribution in [0.5, 0.6) is 0 Å². The first-order valence-electron chi connectivity index (χ1n) is 6.27. The number of rotatable bonds is 4. The van der Waals surface area contributed by atoms with Gasteiger partial charge in [0.05, 0.1) is 0 Å². The molecule has 0 saturated heterocycles. The van der Waals surface area contributed by atoms with Crippen LogP contribution in [-0.4, -0.2) is 11.7 Å². The van der Waals surface area contributed by atoms with Crippen molar-refractivity contribution < 1.29 is 5.11 Å². The molecular formula is C15H19ClO. The lowest BCUT2D eigenvalue weighted by molar-refractivity contribution is 0.202. The first-order valence-corrected chi connectivity index (χ1v) is 6.65. The van der Waals surface area contributed by atoms with Crippen molar-refractivity contribution in [3.05, 3.63) is 47.0 Å². The molecule has 0 fully saturated rings. The van der Waals surface area contributed by atoms with Gasteiger partial charge in [-0.2, -0.15) is 0 Å². The van der Waals surface area contributed by atoms with Gasteiger partial charge < -0.3 is 5.11 Å². The highest BCUT2D eigenvalue weighted by Gasteiger charge is 2.28. The van der Waals surface area contributed by atoms with Crippen LogP contribution in [0.4, 0.5) is 0 Å². The number of aliphatic hydroxyl groups excluding tert-OH is 1. The molecule has 0 aromatic heterocycles. The van der Waals surface area contributed by atoms with Gasteiger partial charge in [-0.15, -0.1) is 0 Å². The summed E-state index contributed by atoms with van der Waals surface area (Å²) in [6.07, 6.45) is 9.92. The number of benzene rings is 1. The maximum atomic E-state index is 9.26. The van der Waals surface area contributed by atoms with Crippen molar-refractivity contribution >= 4 is 11.6 Å². The van der Waals surface area contributed by atoms with E-state index in [1.165, 1.54) is 18.4 Å². The van der Waals surface area contributed by atoms with E-state index in [0.717, 1.165) is 24.3 Å². The summed E-state index contributed by atoms with van der Waals surface area (Å²) in [6.45, 7) is 0.255. The number of allylic oxidation sites excluding steroid dienone is 2. The lowest BCUT2D eigenvalue weighted by Gasteiger charge is -2.33. The summed E-state index contributed by atoms with van der Waals surface area (Å²) in [5, 5.41) is 10.0. The van der Waals surface area contributed by atoms with Crippen LogP contribution in [0.25, 0.3) is 0 Å². The van der Waals surface area contributed by atoms with E-state index in [1.807, 2.05) is 18.2 Å². The normalized spacial score (nSPS) is 23.9. The minimum Gasteiger partial charge on any atom is -0.396 e. The molecule has 0 bridgehead atoms. The van der Waals surface area contributed by atoms with E-state index in [-0.39, 0.29) is 12.0 Å². The van der Waals surface area contributed by atoms with Gasteiger partial charge in [-0.1, -0.05) is 35.9 Å². The Bertz CT molecular complexity index is 400. The molecule has 0 radical (unpaired) electrons. The molecule has 2 heteroatoms. The molecular weight excluding hydrogens is 232 g/mol. The Labute approximate surface area is 108 Å². The molecule has 1 N–H and O–H groups in total. The van der Waals surface area contributed by atoms with Crippen LogP contribution in [0.3, 0.4) is 0 Å².